The molecule has 1 heterocycles. The number of nitrogens with two attached hydrogens (primary N) is 1. The van der Waals surface area contributed by atoms with Crippen molar-refractivity contribution >= 4 is 5.82 Å². The second-order valence-corrected chi connectivity index (χ2v) is 5.91. The highest BCUT2D eigenvalue weighted by Gasteiger charge is 2.23. The van der Waals surface area contributed by atoms with E-state index in [0.717, 1.165) is 6.42 Å². The van der Waals surface area contributed by atoms with Gasteiger partial charge in [-0.2, -0.15) is 4.98 Å². The van der Waals surface area contributed by atoms with E-state index in [2.05, 4.69) is 11.1 Å². The van der Waals surface area contributed by atoms with Crippen molar-refractivity contribution in [3.05, 3.63) is 34.9 Å². The lowest BCUT2D eigenvalue weighted by Gasteiger charge is -2.22. The summed E-state index contributed by atoms with van der Waals surface area (Å²) in [6.07, 6.45) is 6.71. The summed E-state index contributed by atoms with van der Waals surface area (Å²) in [6, 6.07) is 1.70. The van der Waals surface area contributed by atoms with Crippen LogP contribution in [0.3, 0.4) is 0 Å². The Hall–Kier alpha value is -1.62. The fourth-order valence-electron chi connectivity index (χ4n) is 2.12. The molecular formula is C14H21N3O2. The van der Waals surface area contributed by atoms with Gasteiger partial charge < -0.3 is 10.5 Å². The first-order chi connectivity index (χ1) is 8.85. The highest BCUT2D eigenvalue weighted by molar-refractivity contribution is 5.24. The zero-order valence-corrected chi connectivity index (χ0v) is 11.7. The number of aromatic nitrogens is 2. The van der Waals surface area contributed by atoms with E-state index < -0.39 is 0 Å². The molecule has 0 saturated heterocycles. The van der Waals surface area contributed by atoms with Crippen LogP contribution in [0.4, 0.5) is 5.82 Å². The van der Waals surface area contributed by atoms with Gasteiger partial charge in [-0.25, -0.2) is 4.79 Å². The molecule has 0 amide bonds. The lowest BCUT2D eigenvalue weighted by Crippen LogP contribution is -2.27. The van der Waals surface area contributed by atoms with Crippen LogP contribution in [0.15, 0.2) is 29.2 Å². The number of nitrogen functional groups attached to an aromatic ring is 1. The summed E-state index contributed by atoms with van der Waals surface area (Å²) in [6.45, 7) is 6.79. The molecule has 0 unspecified atom stereocenters. The number of hydrogen-bond acceptors (Lipinski definition) is 4. The fourth-order valence-corrected chi connectivity index (χ4v) is 2.12. The fraction of sp³-hybridized carbons (Fsp3) is 0.571. The Morgan fingerprint density at radius 3 is 2.84 bits per heavy atom. The Balaban J connectivity index is 1.99. The molecule has 0 bridgehead atoms. The van der Waals surface area contributed by atoms with Crippen molar-refractivity contribution in [1.29, 1.82) is 0 Å². The van der Waals surface area contributed by atoms with Crippen molar-refractivity contribution in [1.82, 2.24) is 9.55 Å². The molecule has 0 spiro atoms. The Kier molecular flexibility index (Phi) is 3.75. The van der Waals surface area contributed by atoms with Gasteiger partial charge in [0.15, 0.2) is 0 Å². The summed E-state index contributed by atoms with van der Waals surface area (Å²) in [4.78, 5) is 15.5. The molecule has 1 aromatic heterocycles. The van der Waals surface area contributed by atoms with Gasteiger partial charge in [0.25, 0.3) is 0 Å². The van der Waals surface area contributed by atoms with E-state index in [1.54, 1.807) is 16.8 Å². The van der Waals surface area contributed by atoms with E-state index in [1.165, 1.54) is 0 Å². The summed E-state index contributed by atoms with van der Waals surface area (Å²) in [5.41, 5.74) is 5.05. The van der Waals surface area contributed by atoms with E-state index in [4.69, 9.17) is 10.5 Å². The Bertz CT molecular complexity index is 528. The van der Waals surface area contributed by atoms with Crippen LogP contribution in [0.2, 0.25) is 0 Å². The summed E-state index contributed by atoms with van der Waals surface area (Å²) in [7, 11) is 0. The van der Waals surface area contributed by atoms with E-state index in [0.29, 0.717) is 12.5 Å². The highest BCUT2D eigenvalue weighted by atomic mass is 16.5. The van der Waals surface area contributed by atoms with Gasteiger partial charge in [0.05, 0.1) is 18.2 Å². The molecule has 5 nitrogen and oxygen atoms in total. The number of allylic oxidation sites excluding steroid dienone is 1. The van der Waals surface area contributed by atoms with Gasteiger partial charge >= 0.3 is 5.69 Å². The van der Waals surface area contributed by atoms with Crippen LogP contribution in [-0.2, 0) is 4.74 Å². The number of hydrogen-bond donors (Lipinski definition) is 1. The molecule has 2 rings (SSSR count). The smallest absolute Gasteiger partial charge is 0.350 e. The summed E-state index contributed by atoms with van der Waals surface area (Å²) in [5.74, 6) is 0.601. The van der Waals surface area contributed by atoms with Crippen LogP contribution in [0.5, 0.6) is 0 Å². The molecule has 19 heavy (non-hydrogen) atoms. The zero-order chi connectivity index (χ0) is 14.0. The minimum Gasteiger partial charge on any atom is -0.383 e. The molecule has 104 valence electrons. The molecule has 1 aliphatic carbocycles. The number of anilines is 1. The van der Waals surface area contributed by atoms with E-state index in [9.17, 15) is 4.79 Å². The highest BCUT2D eigenvalue weighted by Crippen LogP contribution is 2.27. The molecular weight excluding hydrogens is 242 g/mol. The van der Waals surface area contributed by atoms with Gasteiger partial charge in [0, 0.05) is 12.1 Å². The van der Waals surface area contributed by atoms with Gasteiger partial charge in [-0.15, -0.1) is 0 Å². The monoisotopic (exact) mass is 263 g/mol. The van der Waals surface area contributed by atoms with E-state index in [1.807, 2.05) is 26.8 Å². The summed E-state index contributed by atoms with van der Waals surface area (Å²) in [5, 5.41) is 0. The number of ether oxygens (including phenoxy) is 1. The minimum absolute atomic E-state index is 0.0502. The number of nitrogens with zero attached hydrogens (tertiary/aromatic N) is 2. The predicted molar refractivity (Wildman–Crippen MR) is 74.9 cm³/mol. The molecule has 1 aliphatic rings. The molecule has 1 aromatic rings. The maximum atomic E-state index is 11.8. The Morgan fingerprint density at radius 2 is 2.21 bits per heavy atom. The van der Waals surface area contributed by atoms with Crippen molar-refractivity contribution in [3.63, 3.8) is 0 Å². The average molecular weight is 263 g/mol. The normalized spacial score (nSPS) is 22.9. The minimum atomic E-state index is -0.299. The van der Waals surface area contributed by atoms with Crippen molar-refractivity contribution < 1.29 is 4.74 Å². The first-order valence-corrected chi connectivity index (χ1v) is 6.52. The molecule has 2 N–H and O–H groups in total. The van der Waals surface area contributed by atoms with Crippen LogP contribution in [0.25, 0.3) is 0 Å². The van der Waals surface area contributed by atoms with Crippen molar-refractivity contribution in [2.45, 2.75) is 38.8 Å². The molecule has 0 aromatic carbocycles. The Labute approximate surface area is 113 Å². The predicted octanol–water partition coefficient (Wildman–Crippen LogP) is 1.76. The quantitative estimate of drug-likeness (QED) is 0.844. The first-order valence-electron chi connectivity index (χ1n) is 6.52. The molecule has 5 heteroatoms. The standard InChI is InChI=1S/C14H21N3O2/c1-14(2,3)19-9-10-4-5-11(8-10)17-7-6-12(15)16-13(17)18/h4-7,10-11H,8-9H2,1-3H3,(H2,15,16,18)/t10-,11+/m0/s1. The van der Waals surface area contributed by atoms with Gasteiger partial charge in [-0.1, -0.05) is 12.2 Å². The third-order valence-corrected chi connectivity index (χ3v) is 3.09. The maximum Gasteiger partial charge on any atom is 0.350 e. The topological polar surface area (TPSA) is 70.1 Å². The first kappa shape index (κ1) is 13.8. The largest absolute Gasteiger partial charge is 0.383 e. The lowest BCUT2D eigenvalue weighted by atomic mass is 10.1. The Morgan fingerprint density at radius 1 is 1.47 bits per heavy atom. The van der Waals surface area contributed by atoms with E-state index in [-0.39, 0.29) is 23.2 Å². The van der Waals surface area contributed by atoms with Crippen LogP contribution in [-0.4, -0.2) is 21.8 Å². The van der Waals surface area contributed by atoms with Crippen molar-refractivity contribution in [2.24, 2.45) is 5.92 Å². The third-order valence-electron chi connectivity index (χ3n) is 3.09. The van der Waals surface area contributed by atoms with Crippen molar-refractivity contribution in [2.75, 3.05) is 12.3 Å². The number of rotatable bonds is 3. The van der Waals surface area contributed by atoms with Crippen LogP contribution in [0, 0.1) is 5.92 Å². The molecule has 0 saturated carbocycles. The third kappa shape index (κ3) is 3.67. The van der Waals surface area contributed by atoms with Crippen LogP contribution in [0.1, 0.15) is 33.2 Å². The SMILES string of the molecule is CC(C)(C)OC[C@H]1C=C[C@@H](n2ccc(N)nc2=O)C1. The molecule has 0 aliphatic heterocycles. The zero-order valence-electron chi connectivity index (χ0n) is 11.7. The lowest BCUT2D eigenvalue weighted by molar-refractivity contribution is -0.0161. The molecule has 0 fully saturated rings. The molecule has 2 atom stereocenters. The van der Waals surface area contributed by atoms with Gasteiger partial charge in [-0.05, 0) is 33.3 Å². The van der Waals surface area contributed by atoms with Crippen LogP contribution >= 0.6 is 0 Å². The maximum absolute atomic E-state index is 11.8. The van der Waals surface area contributed by atoms with Gasteiger partial charge in [-0.3, -0.25) is 4.57 Å². The second-order valence-electron chi connectivity index (χ2n) is 5.91. The second kappa shape index (κ2) is 5.17. The van der Waals surface area contributed by atoms with Gasteiger partial charge in [0.2, 0.25) is 0 Å². The van der Waals surface area contributed by atoms with E-state index >= 15 is 0 Å². The van der Waals surface area contributed by atoms with Gasteiger partial charge in [0.1, 0.15) is 5.82 Å². The van der Waals surface area contributed by atoms with Crippen LogP contribution < -0.4 is 11.4 Å². The van der Waals surface area contributed by atoms with Crippen molar-refractivity contribution in [3.8, 4) is 0 Å². The average Bonchev–Trinajstić information content (AvgIpc) is 2.74. The molecule has 0 radical (unpaired) electrons. The summed E-state index contributed by atoms with van der Waals surface area (Å²) >= 11 is 0. The summed E-state index contributed by atoms with van der Waals surface area (Å²) < 4.78 is 7.39.